The van der Waals surface area contributed by atoms with Gasteiger partial charge in [0.2, 0.25) is 0 Å². The number of nitrogens with one attached hydrogen (secondary N) is 2. The summed E-state index contributed by atoms with van der Waals surface area (Å²) in [7, 11) is 1.85. The second-order valence-electron chi connectivity index (χ2n) is 6.59. The van der Waals surface area contributed by atoms with Crippen LogP contribution in [0.25, 0.3) is 16.6 Å². The van der Waals surface area contributed by atoms with Crippen LogP contribution in [-0.2, 0) is 7.05 Å². The van der Waals surface area contributed by atoms with E-state index in [1.165, 1.54) is 16.9 Å². The Balaban J connectivity index is 1.52. The molecule has 0 bridgehead atoms. The molecule has 7 nitrogen and oxygen atoms in total. The monoisotopic (exact) mass is 391 g/mol. The number of carbonyl (C=O) groups excluding carboxylic acids is 2. The number of carbonyl (C=O) groups is 2. The number of rotatable bonds is 3. The van der Waals surface area contributed by atoms with Gasteiger partial charge in [0.25, 0.3) is 11.8 Å². The third kappa shape index (κ3) is 3.25. The number of halogens is 1. The molecule has 0 spiro atoms. The number of amides is 2. The second kappa shape index (κ2) is 7.23. The van der Waals surface area contributed by atoms with Gasteiger partial charge in [0.1, 0.15) is 11.5 Å². The molecule has 0 aliphatic rings. The molecule has 2 amide bonds. The van der Waals surface area contributed by atoms with Gasteiger partial charge in [-0.3, -0.25) is 20.4 Å². The highest BCUT2D eigenvalue weighted by atomic mass is 19.1. The fourth-order valence-corrected chi connectivity index (χ4v) is 3.27. The third-order valence-electron chi connectivity index (χ3n) is 4.77. The Morgan fingerprint density at radius 3 is 2.38 bits per heavy atom. The van der Waals surface area contributed by atoms with Crippen molar-refractivity contribution in [2.75, 3.05) is 0 Å². The van der Waals surface area contributed by atoms with Crippen LogP contribution in [0.15, 0.2) is 60.9 Å². The highest BCUT2D eigenvalue weighted by molar-refractivity contribution is 6.08. The van der Waals surface area contributed by atoms with Crippen molar-refractivity contribution in [3.8, 4) is 5.69 Å². The molecule has 0 saturated heterocycles. The van der Waals surface area contributed by atoms with E-state index in [1.807, 2.05) is 35.9 Å². The number of hydrogen-bond donors (Lipinski definition) is 2. The van der Waals surface area contributed by atoms with Gasteiger partial charge in [-0.1, -0.05) is 30.3 Å². The quantitative estimate of drug-likeness (QED) is 0.527. The molecule has 4 rings (SSSR count). The molecule has 2 N–H and O–H groups in total. The van der Waals surface area contributed by atoms with E-state index in [0.29, 0.717) is 11.3 Å². The number of aryl methyl sites for hydroxylation is 1. The number of nitrogens with zero attached hydrogens (tertiary/aromatic N) is 3. The Morgan fingerprint density at radius 2 is 1.62 bits per heavy atom. The molecule has 2 aromatic carbocycles. The van der Waals surface area contributed by atoms with Crippen molar-refractivity contribution in [2.45, 2.75) is 6.92 Å². The molecule has 2 heterocycles. The van der Waals surface area contributed by atoms with E-state index in [-0.39, 0.29) is 11.3 Å². The highest BCUT2D eigenvalue weighted by Gasteiger charge is 2.19. The molecular weight excluding hydrogens is 373 g/mol. The van der Waals surface area contributed by atoms with E-state index in [4.69, 9.17) is 0 Å². The minimum absolute atomic E-state index is 0.228. The minimum atomic E-state index is -0.543. The van der Waals surface area contributed by atoms with Crippen molar-refractivity contribution < 1.29 is 14.0 Å². The number of benzene rings is 2. The first-order valence-corrected chi connectivity index (χ1v) is 8.91. The molecule has 0 saturated carbocycles. The van der Waals surface area contributed by atoms with Gasteiger partial charge >= 0.3 is 0 Å². The summed E-state index contributed by atoms with van der Waals surface area (Å²) in [4.78, 5) is 25.1. The van der Waals surface area contributed by atoms with Crippen LogP contribution in [-0.4, -0.2) is 26.2 Å². The molecule has 4 aromatic rings. The summed E-state index contributed by atoms with van der Waals surface area (Å²) in [5, 5.41) is 4.88. The third-order valence-corrected chi connectivity index (χ3v) is 4.77. The zero-order chi connectivity index (χ0) is 20.5. The largest absolute Gasteiger partial charge is 0.350 e. The van der Waals surface area contributed by atoms with Crippen LogP contribution < -0.4 is 10.9 Å². The first-order chi connectivity index (χ1) is 14.0. The van der Waals surface area contributed by atoms with Crippen LogP contribution in [0.3, 0.4) is 0 Å². The minimum Gasteiger partial charge on any atom is -0.350 e. The zero-order valence-electron chi connectivity index (χ0n) is 15.8. The van der Waals surface area contributed by atoms with E-state index in [1.54, 1.807) is 31.3 Å². The van der Waals surface area contributed by atoms with Gasteiger partial charge in [-0.05, 0) is 25.1 Å². The van der Waals surface area contributed by atoms with E-state index in [9.17, 15) is 14.0 Å². The second-order valence-corrected chi connectivity index (χ2v) is 6.59. The molecule has 0 aliphatic heterocycles. The van der Waals surface area contributed by atoms with Crippen LogP contribution in [0.2, 0.25) is 0 Å². The molecule has 146 valence electrons. The summed E-state index contributed by atoms with van der Waals surface area (Å²) in [6.45, 7) is 1.65. The van der Waals surface area contributed by atoms with Crippen molar-refractivity contribution in [2.24, 2.45) is 7.05 Å². The Bertz CT molecular complexity index is 1240. The number of hydrogen-bond acceptors (Lipinski definition) is 3. The summed E-state index contributed by atoms with van der Waals surface area (Å²) in [6, 6.07) is 13.6. The number of aromatic nitrogens is 3. The lowest BCUT2D eigenvalue weighted by molar-refractivity contribution is 0.0847. The normalized spacial score (nSPS) is 10.9. The maximum atomic E-state index is 14.0. The molecular formula is C21H18FN5O2. The topological polar surface area (TPSA) is 81.0 Å². The lowest BCUT2D eigenvalue weighted by Gasteiger charge is -2.08. The van der Waals surface area contributed by atoms with Crippen molar-refractivity contribution in [1.29, 1.82) is 0 Å². The lowest BCUT2D eigenvalue weighted by atomic mass is 10.2. The average molecular weight is 391 g/mol. The van der Waals surface area contributed by atoms with Crippen LogP contribution >= 0.6 is 0 Å². The lowest BCUT2D eigenvalue weighted by Crippen LogP contribution is -2.41. The predicted octanol–water partition coefficient (Wildman–Crippen LogP) is 2.89. The first kappa shape index (κ1) is 18.4. The van der Waals surface area contributed by atoms with Gasteiger partial charge in [-0.2, -0.15) is 5.10 Å². The van der Waals surface area contributed by atoms with Crippen molar-refractivity contribution in [3.05, 3.63) is 83.6 Å². The summed E-state index contributed by atoms with van der Waals surface area (Å²) < 4.78 is 17.2. The van der Waals surface area contributed by atoms with E-state index in [0.717, 1.165) is 10.9 Å². The van der Waals surface area contributed by atoms with Crippen LogP contribution in [0, 0.1) is 12.7 Å². The van der Waals surface area contributed by atoms with Crippen molar-refractivity contribution in [3.63, 3.8) is 0 Å². The first-order valence-electron chi connectivity index (χ1n) is 8.91. The Morgan fingerprint density at radius 1 is 0.966 bits per heavy atom. The Labute approximate surface area is 165 Å². The number of fused-ring (bicyclic) bond motifs is 1. The van der Waals surface area contributed by atoms with Crippen LogP contribution in [0.1, 0.15) is 26.4 Å². The maximum absolute atomic E-state index is 14.0. The van der Waals surface area contributed by atoms with Crippen LogP contribution in [0.4, 0.5) is 4.39 Å². The molecule has 0 unspecified atom stereocenters. The average Bonchev–Trinajstić information content (AvgIpc) is 3.27. The maximum Gasteiger partial charge on any atom is 0.273 e. The van der Waals surface area contributed by atoms with Gasteiger partial charge in [0.15, 0.2) is 0 Å². The summed E-state index contributed by atoms with van der Waals surface area (Å²) in [5.74, 6) is -1.43. The highest BCUT2D eigenvalue weighted by Crippen LogP contribution is 2.20. The summed E-state index contributed by atoms with van der Waals surface area (Å²) in [6.07, 6.45) is 3.04. The molecule has 0 aliphatic carbocycles. The van der Waals surface area contributed by atoms with Gasteiger partial charge in [0.05, 0.1) is 23.0 Å². The molecule has 0 radical (unpaired) electrons. The van der Waals surface area contributed by atoms with Gasteiger partial charge in [0, 0.05) is 24.1 Å². The fraction of sp³-hybridized carbons (Fsp3) is 0.0952. The molecule has 8 heteroatoms. The predicted molar refractivity (Wildman–Crippen MR) is 106 cm³/mol. The number of para-hydroxylation sites is 2. The standard InChI is InChI=1S/C21H18FN5O2/c1-13-15(11-23-27(13)19-10-6-4-8-17(19)22)20(28)24-25-21(29)16-12-26(2)18-9-5-3-7-14(16)18/h3-12H,1-2H3,(H,24,28)(H,25,29). The smallest absolute Gasteiger partial charge is 0.273 e. The Kier molecular flexibility index (Phi) is 4.59. The van der Waals surface area contributed by atoms with Crippen molar-refractivity contribution in [1.82, 2.24) is 25.2 Å². The van der Waals surface area contributed by atoms with E-state index in [2.05, 4.69) is 16.0 Å². The molecule has 0 fully saturated rings. The van der Waals surface area contributed by atoms with E-state index >= 15 is 0 Å². The molecule has 29 heavy (non-hydrogen) atoms. The molecule has 0 atom stereocenters. The van der Waals surface area contributed by atoms with Gasteiger partial charge < -0.3 is 4.57 Å². The SMILES string of the molecule is Cc1c(C(=O)NNC(=O)c2cn(C)c3ccccc23)cnn1-c1ccccc1F. The summed E-state index contributed by atoms with van der Waals surface area (Å²) >= 11 is 0. The van der Waals surface area contributed by atoms with Crippen LogP contribution in [0.5, 0.6) is 0 Å². The number of hydrazine groups is 1. The van der Waals surface area contributed by atoms with Gasteiger partial charge in [-0.15, -0.1) is 0 Å². The Hall–Kier alpha value is -3.94. The zero-order valence-corrected chi connectivity index (χ0v) is 15.8. The summed E-state index contributed by atoms with van der Waals surface area (Å²) in [5.41, 5.74) is 7.10. The van der Waals surface area contributed by atoms with E-state index < -0.39 is 17.6 Å². The molecule has 2 aromatic heterocycles. The fourth-order valence-electron chi connectivity index (χ4n) is 3.27. The van der Waals surface area contributed by atoms with Crippen molar-refractivity contribution >= 4 is 22.7 Å². The van der Waals surface area contributed by atoms with Gasteiger partial charge in [-0.25, -0.2) is 9.07 Å².